The van der Waals surface area contributed by atoms with Crippen LogP contribution >= 0.6 is 0 Å². The van der Waals surface area contributed by atoms with Crippen molar-refractivity contribution in [1.82, 2.24) is 4.90 Å². The third-order valence-corrected chi connectivity index (χ3v) is 5.57. The molecule has 0 aromatic heterocycles. The lowest BCUT2D eigenvalue weighted by atomic mass is 9.70. The van der Waals surface area contributed by atoms with Crippen LogP contribution < -0.4 is 0 Å². The average Bonchev–Trinajstić information content (AvgIpc) is 2.34. The zero-order valence-corrected chi connectivity index (χ0v) is 16.1. The van der Waals surface area contributed by atoms with Gasteiger partial charge in [0.05, 0.1) is 5.54 Å². The predicted molar refractivity (Wildman–Crippen MR) is 97.5 cm³/mol. The fourth-order valence-corrected chi connectivity index (χ4v) is 4.27. The normalized spacial score (nSPS) is 31.8. The molecule has 2 atom stereocenters. The van der Waals surface area contributed by atoms with Crippen LogP contribution in [0, 0.1) is 17.3 Å². The molecule has 2 unspecified atom stereocenters. The second-order valence-corrected chi connectivity index (χ2v) is 9.68. The summed E-state index contributed by atoms with van der Waals surface area (Å²) >= 11 is 0. The molecule has 0 N–H and O–H groups in total. The summed E-state index contributed by atoms with van der Waals surface area (Å²) in [5.74, 6) is 2.99. The Morgan fingerprint density at radius 3 is 2.36 bits per heavy atom. The van der Waals surface area contributed by atoms with Gasteiger partial charge in [-0.3, -0.25) is 4.99 Å². The number of fused-ring (bicyclic) bond motifs is 1. The highest BCUT2D eigenvalue weighted by molar-refractivity contribution is 5.86. The van der Waals surface area contributed by atoms with E-state index in [1.807, 2.05) is 0 Å². The molecule has 0 amide bonds. The molecule has 22 heavy (non-hydrogen) atoms. The largest absolute Gasteiger partial charge is 0.358 e. The maximum absolute atomic E-state index is 5.21. The van der Waals surface area contributed by atoms with E-state index in [4.69, 9.17) is 4.99 Å². The van der Waals surface area contributed by atoms with Crippen LogP contribution in [0.15, 0.2) is 4.99 Å². The number of rotatable bonds is 1. The number of nitrogens with zero attached hydrogens (tertiary/aromatic N) is 2. The molecule has 0 aromatic rings. The molecule has 1 saturated carbocycles. The maximum atomic E-state index is 5.21. The van der Waals surface area contributed by atoms with Gasteiger partial charge in [-0.15, -0.1) is 0 Å². The standard InChI is InChI=1S/C20H38N2/c1-15(2)22-14-11-16-10-13-20(6,7)12-8-9-17(16)18(22)21-19(3,4)5/h15-17H,8-14H2,1-7H3. The van der Waals surface area contributed by atoms with Crippen molar-refractivity contribution < 1.29 is 0 Å². The molecule has 2 fully saturated rings. The lowest BCUT2D eigenvalue weighted by molar-refractivity contribution is 0.156. The van der Waals surface area contributed by atoms with Crippen LogP contribution in [0.25, 0.3) is 0 Å². The molecule has 1 aliphatic carbocycles. The average molecular weight is 307 g/mol. The summed E-state index contributed by atoms with van der Waals surface area (Å²) < 4.78 is 0. The molecule has 1 saturated heterocycles. The third-order valence-electron chi connectivity index (χ3n) is 5.57. The molecule has 0 spiro atoms. The second-order valence-electron chi connectivity index (χ2n) is 9.68. The van der Waals surface area contributed by atoms with Gasteiger partial charge in [-0.1, -0.05) is 20.3 Å². The highest BCUT2D eigenvalue weighted by Gasteiger charge is 2.38. The summed E-state index contributed by atoms with van der Waals surface area (Å²) in [7, 11) is 0. The zero-order chi connectivity index (χ0) is 16.5. The van der Waals surface area contributed by atoms with Crippen LogP contribution in [0.3, 0.4) is 0 Å². The van der Waals surface area contributed by atoms with Gasteiger partial charge < -0.3 is 4.90 Å². The first-order chi connectivity index (χ1) is 10.1. The monoisotopic (exact) mass is 306 g/mol. The van der Waals surface area contributed by atoms with E-state index in [0.717, 1.165) is 5.92 Å². The van der Waals surface area contributed by atoms with E-state index >= 15 is 0 Å². The Kier molecular flexibility index (Phi) is 5.29. The van der Waals surface area contributed by atoms with Crippen LogP contribution in [0.5, 0.6) is 0 Å². The van der Waals surface area contributed by atoms with E-state index in [9.17, 15) is 0 Å². The van der Waals surface area contributed by atoms with Crippen molar-refractivity contribution >= 4 is 5.84 Å². The quantitative estimate of drug-likeness (QED) is 0.622. The van der Waals surface area contributed by atoms with Gasteiger partial charge in [0, 0.05) is 18.5 Å². The van der Waals surface area contributed by atoms with Gasteiger partial charge in [-0.05, 0) is 78.1 Å². The Balaban J connectivity index is 2.27. The van der Waals surface area contributed by atoms with Crippen LogP contribution in [-0.4, -0.2) is 28.9 Å². The highest BCUT2D eigenvalue weighted by Crippen LogP contribution is 2.42. The number of piperidine rings is 1. The van der Waals surface area contributed by atoms with Gasteiger partial charge in [-0.2, -0.15) is 0 Å². The summed E-state index contributed by atoms with van der Waals surface area (Å²) in [6, 6.07) is 0.573. The van der Waals surface area contributed by atoms with Crippen molar-refractivity contribution in [1.29, 1.82) is 0 Å². The lowest BCUT2D eigenvalue weighted by Crippen LogP contribution is -2.50. The Morgan fingerprint density at radius 2 is 1.77 bits per heavy atom. The molecule has 0 bridgehead atoms. The second kappa shape index (κ2) is 6.53. The van der Waals surface area contributed by atoms with E-state index in [1.54, 1.807) is 0 Å². The van der Waals surface area contributed by atoms with Gasteiger partial charge in [0.15, 0.2) is 0 Å². The summed E-state index contributed by atoms with van der Waals surface area (Å²) in [6.07, 6.45) is 8.23. The molecule has 1 heterocycles. The van der Waals surface area contributed by atoms with Crippen molar-refractivity contribution in [3.8, 4) is 0 Å². The topological polar surface area (TPSA) is 15.6 Å². The molecular weight excluding hydrogens is 268 g/mol. The fourth-order valence-electron chi connectivity index (χ4n) is 4.27. The molecule has 2 aliphatic rings. The number of hydrogen-bond donors (Lipinski definition) is 0. The Hall–Kier alpha value is -0.530. The predicted octanol–water partition coefficient (Wildman–Crippen LogP) is 5.52. The van der Waals surface area contributed by atoms with Crippen molar-refractivity contribution in [2.45, 2.75) is 98.6 Å². The van der Waals surface area contributed by atoms with Gasteiger partial charge in [0.1, 0.15) is 5.84 Å². The fraction of sp³-hybridized carbons (Fsp3) is 0.950. The lowest BCUT2D eigenvalue weighted by Gasteiger charge is -2.46. The number of aliphatic imine (C=N–C) groups is 1. The SMILES string of the molecule is CC(C)N1CCC2CCC(C)(C)CCCC2C1=NC(C)(C)C. The molecule has 2 rings (SSSR count). The smallest absolute Gasteiger partial charge is 0.103 e. The molecule has 2 heteroatoms. The maximum Gasteiger partial charge on any atom is 0.103 e. The zero-order valence-electron chi connectivity index (χ0n) is 16.1. The summed E-state index contributed by atoms with van der Waals surface area (Å²) in [5.41, 5.74) is 0.577. The van der Waals surface area contributed by atoms with E-state index < -0.39 is 0 Å². The van der Waals surface area contributed by atoms with Gasteiger partial charge in [-0.25, -0.2) is 0 Å². The minimum Gasteiger partial charge on any atom is -0.358 e. The van der Waals surface area contributed by atoms with Crippen molar-refractivity contribution in [3.05, 3.63) is 0 Å². The molecule has 0 radical (unpaired) electrons. The summed E-state index contributed by atoms with van der Waals surface area (Å²) in [5, 5.41) is 0. The first kappa shape index (κ1) is 17.8. The van der Waals surface area contributed by atoms with Gasteiger partial charge in [0.2, 0.25) is 0 Å². The number of likely N-dealkylation sites (tertiary alicyclic amines) is 1. The van der Waals surface area contributed by atoms with E-state index in [-0.39, 0.29) is 5.54 Å². The number of amidine groups is 1. The summed E-state index contributed by atoms with van der Waals surface area (Å²) in [4.78, 5) is 7.80. The molecule has 128 valence electrons. The first-order valence-electron chi connectivity index (χ1n) is 9.45. The minimum atomic E-state index is 0.0337. The van der Waals surface area contributed by atoms with Crippen LogP contribution in [0.1, 0.15) is 87.0 Å². The Bertz CT molecular complexity index is 400. The molecule has 2 nitrogen and oxygen atoms in total. The Labute approximate surface area is 138 Å². The highest BCUT2D eigenvalue weighted by atomic mass is 15.2. The third kappa shape index (κ3) is 4.49. The van der Waals surface area contributed by atoms with E-state index in [1.165, 1.54) is 50.9 Å². The van der Waals surface area contributed by atoms with E-state index in [2.05, 4.69) is 53.4 Å². The Morgan fingerprint density at radius 1 is 1.09 bits per heavy atom. The summed E-state index contributed by atoms with van der Waals surface area (Å²) in [6.45, 7) is 17.5. The van der Waals surface area contributed by atoms with Gasteiger partial charge >= 0.3 is 0 Å². The molecule has 1 aliphatic heterocycles. The minimum absolute atomic E-state index is 0.0337. The number of hydrogen-bond acceptors (Lipinski definition) is 1. The van der Waals surface area contributed by atoms with Crippen molar-refractivity contribution in [3.63, 3.8) is 0 Å². The van der Waals surface area contributed by atoms with Crippen molar-refractivity contribution in [2.75, 3.05) is 6.54 Å². The molecule has 0 aromatic carbocycles. The van der Waals surface area contributed by atoms with Crippen LogP contribution in [-0.2, 0) is 0 Å². The van der Waals surface area contributed by atoms with E-state index in [0.29, 0.717) is 17.4 Å². The first-order valence-corrected chi connectivity index (χ1v) is 9.45. The van der Waals surface area contributed by atoms with Crippen LogP contribution in [0.2, 0.25) is 0 Å². The molecular formula is C20H38N2. The van der Waals surface area contributed by atoms with Gasteiger partial charge in [0.25, 0.3) is 0 Å². The van der Waals surface area contributed by atoms with Crippen LogP contribution in [0.4, 0.5) is 0 Å². The van der Waals surface area contributed by atoms with Crippen molar-refractivity contribution in [2.24, 2.45) is 22.2 Å².